The summed E-state index contributed by atoms with van der Waals surface area (Å²) in [6.45, 7) is 9.74. The fourth-order valence-corrected chi connectivity index (χ4v) is 5.46. The number of hydrogen-bond donors (Lipinski definition) is 0. The van der Waals surface area contributed by atoms with E-state index in [2.05, 4.69) is 4.18 Å². The number of benzene rings is 2. The maximum atomic E-state index is 14.0. The molecule has 0 saturated carbocycles. The van der Waals surface area contributed by atoms with Gasteiger partial charge < -0.3 is 8.92 Å². The number of aryl methyl sites for hydroxylation is 1. The molecule has 0 N–H and O–H groups in total. The van der Waals surface area contributed by atoms with Gasteiger partial charge in [0.05, 0.1) is 0 Å². The number of halogens is 9. The maximum absolute atomic E-state index is 14.0. The lowest BCUT2D eigenvalue weighted by Gasteiger charge is -2.36. The van der Waals surface area contributed by atoms with Crippen molar-refractivity contribution in [1.29, 1.82) is 0 Å². The molecular formula is C31H33F9O2S. The summed E-state index contributed by atoms with van der Waals surface area (Å²) in [7, 11) is 0. The van der Waals surface area contributed by atoms with Crippen LogP contribution in [-0.4, -0.2) is 28.9 Å². The number of rotatable bonds is 10. The van der Waals surface area contributed by atoms with Gasteiger partial charge in [-0.3, -0.25) is 0 Å². The minimum Gasteiger partial charge on any atom is -0.488 e. The predicted octanol–water partition coefficient (Wildman–Crippen LogP) is 10.9. The van der Waals surface area contributed by atoms with E-state index in [1.54, 1.807) is 0 Å². The highest BCUT2D eigenvalue weighted by Gasteiger charge is 2.82. The van der Waals surface area contributed by atoms with Crippen molar-refractivity contribution in [2.24, 2.45) is 5.92 Å². The Hall–Kier alpha value is -2.76. The van der Waals surface area contributed by atoms with Crippen LogP contribution in [0.4, 0.5) is 39.5 Å². The Morgan fingerprint density at radius 1 is 0.884 bits per heavy atom. The van der Waals surface area contributed by atoms with Crippen molar-refractivity contribution in [1.82, 2.24) is 0 Å². The molecule has 2 atom stereocenters. The topological polar surface area (TPSA) is 18.5 Å². The monoisotopic (exact) mass is 640 g/mol. The average molecular weight is 641 g/mol. The fourth-order valence-electron chi connectivity index (χ4n) is 4.92. The van der Waals surface area contributed by atoms with Crippen LogP contribution in [0.15, 0.2) is 66.3 Å². The van der Waals surface area contributed by atoms with E-state index >= 15 is 0 Å². The molecule has 2 aromatic rings. The van der Waals surface area contributed by atoms with Crippen LogP contribution in [0.25, 0.3) is 0 Å². The second kappa shape index (κ2) is 12.7. The molecule has 238 valence electrons. The van der Waals surface area contributed by atoms with E-state index in [-0.39, 0.29) is 11.8 Å². The van der Waals surface area contributed by atoms with Gasteiger partial charge in [-0.05, 0) is 99.4 Å². The third-order valence-corrected chi connectivity index (χ3v) is 7.65. The van der Waals surface area contributed by atoms with E-state index < -0.39 is 46.7 Å². The van der Waals surface area contributed by atoms with Crippen LogP contribution in [0, 0.1) is 5.92 Å². The third-order valence-electron chi connectivity index (χ3n) is 6.91. The molecule has 0 spiro atoms. The molecule has 43 heavy (non-hydrogen) atoms. The van der Waals surface area contributed by atoms with Crippen molar-refractivity contribution in [2.45, 2.75) is 88.7 Å². The predicted molar refractivity (Wildman–Crippen MR) is 149 cm³/mol. The number of allylic oxidation sites excluding steroid dienone is 4. The molecule has 12 heteroatoms. The minimum atomic E-state index is -6.98. The van der Waals surface area contributed by atoms with Crippen molar-refractivity contribution in [2.75, 3.05) is 0 Å². The second-order valence-electron chi connectivity index (χ2n) is 11.2. The lowest BCUT2D eigenvalue weighted by Crippen LogP contribution is -2.59. The van der Waals surface area contributed by atoms with Crippen molar-refractivity contribution in [3.63, 3.8) is 0 Å². The largest absolute Gasteiger partial charge is 0.488 e. The quantitative estimate of drug-likeness (QED) is 0.146. The van der Waals surface area contributed by atoms with Gasteiger partial charge >= 0.3 is 23.3 Å². The van der Waals surface area contributed by atoms with Gasteiger partial charge in [0, 0.05) is 5.92 Å². The standard InChI is InChI=1S/C31H33F9O2S/c1-6-8-9-19(7-2)24-16-12-21-18-23(41-27(3,4)5)15-17-25(21)26(24)20-10-13-22(14-11-20)42-43-31(39,40)29(34,35)28(32,33)30(36,37)38/h7-11,13-15,17-18,24,26H,6,12,16H2,1-5H3/b9-8-,19-7+. The normalized spacial score (nSPS) is 19.0. The van der Waals surface area contributed by atoms with Crippen LogP contribution in [0.3, 0.4) is 0 Å². The molecule has 2 unspecified atom stereocenters. The first-order chi connectivity index (χ1) is 19.8. The first kappa shape index (κ1) is 34.7. The van der Waals surface area contributed by atoms with Crippen LogP contribution in [0.5, 0.6) is 11.5 Å². The molecular weight excluding hydrogens is 607 g/mol. The molecule has 1 aliphatic rings. The highest BCUT2D eigenvalue weighted by Crippen LogP contribution is 2.56. The van der Waals surface area contributed by atoms with Crippen molar-refractivity contribution >= 4 is 12.0 Å². The van der Waals surface area contributed by atoms with Crippen LogP contribution in [-0.2, 0) is 6.42 Å². The molecule has 0 aliphatic heterocycles. The van der Waals surface area contributed by atoms with E-state index in [4.69, 9.17) is 4.74 Å². The van der Waals surface area contributed by atoms with Crippen LogP contribution in [0.1, 0.15) is 70.1 Å². The number of ether oxygens (including phenoxy) is 1. The Balaban J connectivity index is 1.93. The van der Waals surface area contributed by atoms with Crippen LogP contribution < -0.4 is 8.92 Å². The maximum Gasteiger partial charge on any atom is 0.460 e. The van der Waals surface area contributed by atoms with E-state index in [9.17, 15) is 39.5 Å². The van der Waals surface area contributed by atoms with Gasteiger partial charge in [0.2, 0.25) is 0 Å². The van der Waals surface area contributed by atoms with E-state index in [1.807, 2.05) is 71.0 Å². The first-order valence-corrected chi connectivity index (χ1v) is 14.3. The zero-order valence-corrected chi connectivity index (χ0v) is 25.0. The molecule has 3 rings (SSSR count). The van der Waals surface area contributed by atoms with E-state index in [0.29, 0.717) is 5.75 Å². The summed E-state index contributed by atoms with van der Waals surface area (Å²) in [6.07, 6.45) is 1.56. The average Bonchev–Trinajstić information content (AvgIpc) is 2.90. The van der Waals surface area contributed by atoms with Gasteiger partial charge in [-0.25, -0.2) is 0 Å². The molecule has 0 fully saturated rings. The summed E-state index contributed by atoms with van der Waals surface area (Å²) >= 11 is -1.46. The Labute approximate surface area is 249 Å². The Kier molecular flexibility index (Phi) is 10.2. The van der Waals surface area contributed by atoms with Gasteiger partial charge in [-0.1, -0.05) is 43.4 Å². The lowest BCUT2D eigenvalue weighted by atomic mass is 9.69. The zero-order chi connectivity index (χ0) is 32.4. The molecule has 0 aromatic heterocycles. The number of alkyl halides is 9. The molecule has 0 bridgehead atoms. The second-order valence-corrected chi connectivity index (χ2v) is 12.0. The van der Waals surface area contributed by atoms with Gasteiger partial charge in [0.15, 0.2) is 0 Å². The van der Waals surface area contributed by atoms with Crippen molar-refractivity contribution < 1.29 is 48.4 Å². The molecule has 2 nitrogen and oxygen atoms in total. The Morgan fingerprint density at radius 2 is 1.49 bits per heavy atom. The SMILES string of the molecule is C/C=C(\C=C/CC)C1CCc2cc(OC(C)(C)C)ccc2C1c1ccc(OSC(F)(F)C(F)(F)C(F)(F)C(F)(F)F)cc1. The first-order valence-electron chi connectivity index (χ1n) is 13.6. The van der Waals surface area contributed by atoms with Gasteiger partial charge in [0.25, 0.3) is 0 Å². The van der Waals surface area contributed by atoms with Crippen LogP contribution >= 0.6 is 12.0 Å². The molecule has 1 aliphatic carbocycles. The summed E-state index contributed by atoms with van der Waals surface area (Å²) in [5.41, 5.74) is 3.46. The number of hydrogen-bond acceptors (Lipinski definition) is 3. The van der Waals surface area contributed by atoms with E-state index in [1.165, 1.54) is 24.3 Å². The van der Waals surface area contributed by atoms with Gasteiger partial charge in [-0.15, -0.1) is 0 Å². The van der Waals surface area contributed by atoms with Crippen molar-refractivity contribution in [3.8, 4) is 11.5 Å². The lowest BCUT2D eigenvalue weighted by molar-refractivity contribution is -0.381. The van der Waals surface area contributed by atoms with Crippen molar-refractivity contribution in [3.05, 3.63) is 83.0 Å². The number of fused-ring (bicyclic) bond motifs is 1. The summed E-state index contributed by atoms with van der Waals surface area (Å²) in [6, 6.07) is 11.2. The summed E-state index contributed by atoms with van der Waals surface area (Å²) in [4.78, 5) is 0. The highest BCUT2D eigenvalue weighted by atomic mass is 32.2. The van der Waals surface area contributed by atoms with Gasteiger partial charge in [0.1, 0.15) is 29.1 Å². The Morgan fingerprint density at radius 3 is 2.02 bits per heavy atom. The molecule has 0 saturated heterocycles. The summed E-state index contributed by atoms with van der Waals surface area (Å²) in [5.74, 6) is -13.7. The summed E-state index contributed by atoms with van der Waals surface area (Å²) < 4.78 is 129. The van der Waals surface area contributed by atoms with Crippen LogP contribution in [0.2, 0.25) is 0 Å². The fraction of sp³-hybridized carbons (Fsp3) is 0.484. The molecule has 2 aromatic carbocycles. The molecule has 0 heterocycles. The highest BCUT2D eigenvalue weighted by molar-refractivity contribution is 7.96. The molecule has 0 amide bonds. The summed E-state index contributed by atoms with van der Waals surface area (Å²) in [5, 5.41) is -5.91. The smallest absolute Gasteiger partial charge is 0.460 e. The zero-order valence-electron chi connectivity index (χ0n) is 24.2. The van der Waals surface area contributed by atoms with E-state index in [0.717, 1.165) is 41.5 Å². The third kappa shape index (κ3) is 7.49. The minimum absolute atomic E-state index is 0.0171. The Bertz CT molecular complexity index is 1310. The van der Waals surface area contributed by atoms with Gasteiger partial charge in [-0.2, -0.15) is 39.5 Å². The molecule has 0 radical (unpaired) electrons.